The summed E-state index contributed by atoms with van der Waals surface area (Å²) in [5.74, 6) is -0.234. The lowest BCUT2D eigenvalue weighted by Gasteiger charge is -2.06. The highest BCUT2D eigenvalue weighted by molar-refractivity contribution is 7.80. The summed E-state index contributed by atoms with van der Waals surface area (Å²) in [5, 5.41) is 11.2. The van der Waals surface area contributed by atoms with E-state index in [1.165, 1.54) is 25.0 Å². The molecule has 1 fully saturated rings. The summed E-state index contributed by atoms with van der Waals surface area (Å²) in [5.41, 5.74) is 1.71. The van der Waals surface area contributed by atoms with Gasteiger partial charge in [0.15, 0.2) is 5.11 Å². The fraction of sp³-hybridized carbons (Fsp3) is 0.286. The van der Waals surface area contributed by atoms with Gasteiger partial charge in [-0.3, -0.25) is 4.68 Å². The van der Waals surface area contributed by atoms with Crippen molar-refractivity contribution in [3.63, 3.8) is 0 Å². The summed E-state index contributed by atoms with van der Waals surface area (Å²) in [7, 11) is 0. The van der Waals surface area contributed by atoms with Crippen LogP contribution in [0.1, 0.15) is 18.4 Å². The van der Waals surface area contributed by atoms with Crippen LogP contribution in [0.15, 0.2) is 36.7 Å². The van der Waals surface area contributed by atoms with Gasteiger partial charge in [0.25, 0.3) is 0 Å². The van der Waals surface area contributed by atoms with Gasteiger partial charge in [-0.25, -0.2) is 4.39 Å². The van der Waals surface area contributed by atoms with Gasteiger partial charge >= 0.3 is 0 Å². The minimum Gasteiger partial charge on any atom is -0.360 e. The molecule has 0 radical (unpaired) electrons. The molecule has 1 heterocycles. The van der Waals surface area contributed by atoms with Crippen LogP contribution in [0.2, 0.25) is 0 Å². The Kier molecular flexibility index (Phi) is 3.64. The third kappa shape index (κ3) is 3.54. The van der Waals surface area contributed by atoms with Crippen LogP contribution in [0.25, 0.3) is 0 Å². The monoisotopic (exact) mass is 290 g/mol. The zero-order chi connectivity index (χ0) is 13.9. The molecule has 0 amide bonds. The van der Waals surface area contributed by atoms with Crippen LogP contribution < -0.4 is 10.6 Å². The first kappa shape index (κ1) is 13.1. The Labute approximate surface area is 122 Å². The minimum absolute atomic E-state index is 0.234. The molecule has 0 unspecified atom stereocenters. The van der Waals surface area contributed by atoms with E-state index in [0.29, 0.717) is 17.7 Å². The predicted molar refractivity (Wildman–Crippen MR) is 80.1 cm³/mol. The molecule has 1 aromatic carbocycles. The molecule has 0 saturated heterocycles. The molecule has 1 aromatic heterocycles. The quantitative estimate of drug-likeness (QED) is 0.849. The Morgan fingerprint density at radius 3 is 3.05 bits per heavy atom. The SMILES string of the molecule is Fc1cccc(Cn2cc(NC(=S)NC3CC3)cn2)c1. The fourth-order valence-corrected chi connectivity index (χ4v) is 2.20. The summed E-state index contributed by atoms with van der Waals surface area (Å²) in [4.78, 5) is 0. The van der Waals surface area contributed by atoms with E-state index in [1.807, 2.05) is 12.3 Å². The second-order valence-corrected chi connectivity index (χ2v) is 5.34. The number of halogens is 1. The van der Waals surface area contributed by atoms with E-state index in [-0.39, 0.29) is 5.82 Å². The van der Waals surface area contributed by atoms with Crippen molar-refractivity contribution in [1.82, 2.24) is 15.1 Å². The first-order valence-electron chi connectivity index (χ1n) is 6.53. The molecular weight excluding hydrogens is 275 g/mol. The van der Waals surface area contributed by atoms with E-state index in [0.717, 1.165) is 11.3 Å². The lowest BCUT2D eigenvalue weighted by atomic mass is 10.2. The zero-order valence-corrected chi connectivity index (χ0v) is 11.7. The van der Waals surface area contributed by atoms with E-state index < -0.39 is 0 Å². The van der Waals surface area contributed by atoms with Gasteiger partial charge in [0.2, 0.25) is 0 Å². The van der Waals surface area contributed by atoms with E-state index in [1.54, 1.807) is 16.9 Å². The van der Waals surface area contributed by atoms with Crippen LogP contribution in [0, 0.1) is 5.82 Å². The summed E-state index contributed by atoms with van der Waals surface area (Å²) >= 11 is 5.20. The number of hydrogen-bond donors (Lipinski definition) is 2. The van der Waals surface area contributed by atoms with Crippen molar-refractivity contribution in [1.29, 1.82) is 0 Å². The lowest BCUT2D eigenvalue weighted by Crippen LogP contribution is -2.29. The number of nitrogens with zero attached hydrogens (tertiary/aromatic N) is 2. The summed E-state index contributed by atoms with van der Waals surface area (Å²) in [6, 6.07) is 7.03. The van der Waals surface area contributed by atoms with Crippen LogP contribution >= 0.6 is 12.2 Å². The molecule has 2 aromatic rings. The Balaban J connectivity index is 1.59. The fourth-order valence-electron chi connectivity index (χ4n) is 1.92. The highest BCUT2D eigenvalue weighted by Crippen LogP contribution is 2.19. The Morgan fingerprint density at radius 2 is 2.30 bits per heavy atom. The molecule has 0 bridgehead atoms. The third-order valence-electron chi connectivity index (χ3n) is 3.04. The number of hydrogen-bond acceptors (Lipinski definition) is 2. The second-order valence-electron chi connectivity index (χ2n) is 4.93. The average molecular weight is 290 g/mol. The Morgan fingerprint density at radius 1 is 1.45 bits per heavy atom. The molecular formula is C14H15FN4S. The van der Waals surface area contributed by atoms with Crippen molar-refractivity contribution in [3.05, 3.63) is 48.0 Å². The van der Waals surface area contributed by atoms with Gasteiger partial charge < -0.3 is 10.6 Å². The molecule has 20 heavy (non-hydrogen) atoms. The normalized spacial score (nSPS) is 14.1. The largest absolute Gasteiger partial charge is 0.360 e. The molecule has 4 nitrogen and oxygen atoms in total. The maximum Gasteiger partial charge on any atom is 0.171 e. The number of benzene rings is 1. The Hall–Kier alpha value is -1.95. The maximum absolute atomic E-state index is 13.1. The summed E-state index contributed by atoms with van der Waals surface area (Å²) < 4.78 is 14.9. The molecule has 2 N–H and O–H groups in total. The van der Waals surface area contributed by atoms with Crippen molar-refractivity contribution in [2.24, 2.45) is 0 Å². The number of anilines is 1. The van der Waals surface area contributed by atoms with Crippen LogP contribution in [-0.4, -0.2) is 20.9 Å². The van der Waals surface area contributed by atoms with Crippen molar-refractivity contribution >= 4 is 23.0 Å². The van der Waals surface area contributed by atoms with E-state index in [9.17, 15) is 4.39 Å². The molecule has 3 rings (SSSR count). The van der Waals surface area contributed by atoms with Gasteiger partial charge in [-0.1, -0.05) is 12.1 Å². The van der Waals surface area contributed by atoms with E-state index >= 15 is 0 Å². The summed E-state index contributed by atoms with van der Waals surface area (Å²) in [6.07, 6.45) is 5.92. The number of rotatable bonds is 4. The minimum atomic E-state index is -0.234. The van der Waals surface area contributed by atoms with Crippen LogP contribution in [0.5, 0.6) is 0 Å². The highest BCUT2D eigenvalue weighted by Gasteiger charge is 2.21. The van der Waals surface area contributed by atoms with Gasteiger partial charge in [-0.15, -0.1) is 0 Å². The first-order chi connectivity index (χ1) is 9.69. The molecule has 1 aliphatic rings. The molecule has 6 heteroatoms. The molecule has 0 atom stereocenters. The predicted octanol–water partition coefficient (Wildman–Crippen LogP) is 2.52. The molecule has 104 valence electrons. The molecule has 0 spiro atoms. The smallest absolute Gasteiger partial charge is 0.171 e. The first-order valence-corrected chi connectivity index (χ1v) is 6.94. The van der Waals surface area contributed by atoms with Gasteiger partial charge in [-0.05, 0) is 42.8 Å². The van der Waals surface area contributed by atoms with E-state index in [4.69, 9.17) is 12.2 Å². The van der Waals surface area contributed by atoms with Crippen LogP contribution in [0.3, 0.4) is 0 Å². The maximum atomic E-state index is 13.1. The van der Waals surface area contributed by atoms with Gasteiger partial charge in [-0.2, -0.15) is 5.10 Å². The van der Waals surface area contributed by atoms with Crippen LogP contribution in [-0.2, 0) is 6.54 Å². The highest BCUT2D eigenvalue weighted by atomic mass is 32.1. The van der Waals surface area contributed by atoms with Crippen molar-refractivity contribution in [2.75, 3.05) is 5.32 Å². The van der Waals surface area contributed by atoms with Gasteiger partial charge in [0, 0.05) is 12.2 Å². The number of nitrogens with one attached hydrogen (secondary N) is 2. The topological polar surface area (TPSA) is 41.9 Å². The van der Waals surface area contributed by atoms with Crippen LogP contribution in [0.4, 0.5) is 10.1 Å². The number of thiocarbonyl (C=S) groups is 1. The standard InChI is InChI=1S/C14H15FN4S/c15-11-3-1-2-10(6-11)8-19-9-13(7-16-19)18-14(20)17-12-4-5-12/h1-3,6-7,9,12H,4-5,8H2,(H2,17,18,20). The number of aromatic nitrogens is 2. The third-order valence-corrected chi connectivity index (χ3v) is 3.26. The average Bonchev–Trinajstić information content (AvgIpc) is 3.09. The second kappa shape index (κ2) is 5.58. The Bertz CT molecular complexity index is 621. The van der Waals surface area contributed by atoms with Gasteiger partial charge in [0.1, 0.15) is 5.82 Å². The summed E-state index contributed by atoms with van der Waals surface area (Å²) in [6.45, 7) is 0.530. The van der Waals surface area contributed by atoms with Crippen molar-refractivity contribution < 1.29 is 4.39 Å². The lowest BCUT2D eigenvalue weighted by molar-refractivity contribution is 0.619. The molecule has 1 saturated carbocycles. The molecule has 0 aliphatic heterocycles. The van der Waals surface area contributed by atoms with Gasteiger partial charge in [0.05, 0.1) is 18.4 Å². The van der Waals surface area contributed by atoms with Crippen molar-refractivity contribution in [2.45, 2.75) is 25.4 Å². The van der Waals surface area contributed by atoms with E-state index in [2.05, 4.69) is 15.7 Å². The molecule has 1 aliphatic carbocycles. The van der Waals surface area contributed by atoms with Crippen molar-refractivity contribution in [3.8, 4) is 0 Å². The zero-order valence-electron chi connectivity index (χ0n) is 10.8.